The molecule has 0 saturated heterocycles. The van der Waals surface area contributed by atoms with Crippen molar-refractivity contribution in [2.45, 2.75) is 33.6 Å². The molecule has 0 aliphatic rings. The van der Waals surface area contributed by atoms with Crippen molar-refractivity contribution in [1.82, 2.24) is 14.8 Å². The average molecular weight is 322 g/mol. The normalized spacial score (nSPS) is 11.2. The summed E-state index contributed by atoms with van der Waals surface area (Å²) >= 11 is 0. The molecule has 0 radical (unpaired) electrons. The Balaban J connectivity index is 2.02. The lowest BCUT2D eigenvalue weighted by Gasteiger charge is -2.11. The lowest BCUT2D eigenvalue weighted by atomic mass is 10.0. The van der Waals surface area contributed by atoms with Crippen molar-refractivity contribution in [2.75, 3.05) is 5.32 Å². The number of nitrogens with one attached hydrogen (secondary N) is 1. The summed E-state index contributed by atoms with van der Waals surface area (Å²) in [5, 5.41) is 8.20. The van der Waals surface area contributed by atoms with Gasteiger partial charge in [-0.2, -0.15) is 5.10 Å². The molecular formula is C19H22N4O. The Bertz CT molecular complexity index is 925. The summed E-state index contributed by atoms with van der Waals surface area (Å²) in [7, 11) is 1.84. The second-order valence-corrected chi connectivity index (χ2v) is 6.45. The third-order valence-corrected chi connectivity index (χ3v) is 4.15. The molecule has 0 unspecified atom stereocenters. The highest BCUT2D eigenvalue weighted by molar-refractivity contribution is 6.12. The first kappa shape index (κ1) is 16.2. The Morgan fingerprint density at radius 1 is 1.21 bits per heavy atom. The molecule has 1 N–H and O–H groups in total. The highest BCUT2D eigenvalue weighted by atomic mass is 16.1. The number of anilines is 1. The minimum atomic E-state index is -0.137. The number of aromatic nitrogens is 3. The Morgan fingerprint density at radius 2 is 1.96 bits per heavy atom. The van der Waals surface area contributed by atoms with Gasteiger partial charge in [0.1, 0.15) is 0 Å². The van der Waals surface area contributed by atoms with Gasteiger partial charge in [-0.05, 0) is 43.5 Å². The van der Waals surface area contributed by atoms with Crippen LogP contribution in [0.2, 0.25) is 0 Å². The lowest BCUT2D eigenvalue weighted by Crippen LogP contribution is -2.13. The number of pyridine rings is 1. The molecule has 24 heavy (non-hydrogen) atoms. The van der Waals surface area contributed by atoms with Crippen LogP contribution in [0, 0.1) is 13.8 Å². The Morgan fingerprint density at radius 3 is 2.67 bits per heavy atom. The molecule has 5 heteroatoms. The molecule has 2 heterocycles. The third kappa shape index (κ3) is 2.89. The van der Waals surface area contributed by atoms with Crippen molar-refractivity contribution in [3.63, 3.8) is 0 Å². The van der Waals surface area contributed by atoms with Crippen LogP contribution in [0.3, 0.4) is 0 Å². The first-order valence-corrected chi connectivity index (χ1v) is 8.09. The number of hydrogen-bond donors (Lipinski definition) is 1. The first-order chi connectivity index (χ1) is 11.4. The molecular weight excluding hydrogens is 300 g/mol. The largest absolute Gasteiger partial charge is 0.322 e. The summed E-state index contributed by atoms with van der Waals surface area (Å²) in [6.07, 6.45) is 0. The predicted molar refractivity (Wildman–Crippen MR) is 96.5 cm³/mol. The molecule has 0 bridgehead atoms. The van der Waals surface area contributed by atoms with Gasteiger partial charge in [0.15, 0.2) is 5.65 Å². The predicted octanol–water partition coefficient (Wildman–Crippen LogP) is 3.96. The lowest BCUT2D eigenvalue weighted by molar-refractivity contribution is 0.102. The van der Waals surface area contributed by atoms with Crippen molar-refractivity contribution in [1.29, 1.82) is 0 Å². The van der Waals surface area contributed by atoms with E-state index in [0.717, 1.165) is 28.1 Å². The van der Waals surface area contributed by atoms with E-state index in [9.17, 15) is 4.79 Å². The quantitative estimate of drug-likeness (QED) is 0.794. The molecule has 3 rings (SSSR count). The van der Waals surface area contributed by atoms with Crippen LogP contribution < -0.4 is 5.32 Å². The zero-order valence-corrected chi connectivity index (χ0v) is 14.7. The maximum absolute atomic E-state index is 12.8. The maximum atomic E-state index is 12.8. The maximum Gasteiger partial charge on any atom is 0.256 e. The Hall–Kier alpha value is -2.69. The summed E-state index contributed by atoms with van der Waals surface area (Å²) in [5.74, 6) is 0.278. The Labute approximate surface area is 141 Å². The van der Waals surface area contributed by atoms with Gasteiger partial charge in [0.25, 0.3) is 5.91 Å². The molecule has 0 fully saturated rings. The first-order valence-electron chi connectivity index (χ1n) is 8.09. The summed E-state index contributed by atoms with van der Waals surface area (Å²) < 4.78 is 1.72. The highest BCUT2D eigenvalue weighted by Crippen LogP contribution is 2.24. The summed E-state index contributed by atoms with van der Waals surface area (Å²) in [4.78, 5) is 17.4. The number of hydrogen-bond acceptors (Lipinski definition) is 3. The Kier molecular flexibility index (Phi) is 4.09. The zero-order valence-electron chi connectivity index (χ0n) is 14.7. The number of aryl methyl sites for hydroxylation is 3. The van der Waals surface area contributed by atoms with Crippen LogP contribution in [-0.4, -0.2) is 20.7 Å². The van der Waals surface area contributed by atoms with Gasteiger partial charge in [-0.3, -0.25) is 9.48 Å². The number of rotatable bonds is 3. The number of fused-ring (bicyclic) bond motifs is 1. The highest BCUT2D eigenvalue weighted by Gasteiger charge is 2.18. The van der Waals surface area contributed by atoms with Crippen molar-refractivity contribution in [3.8, 4) is 0 Å². The van der Waals surface area contributed by atoms with Crippen molar-refractivity contribution < 1.29 is 4.79 Å². The van der Waals surface area contributed by atoms with Crippen LogP contribution in [0.5, 0.6) is 0 Å². The molecule has 0 spiro atoms. The van der Waals surface area contributed by atoms with Crippen LogP contribution in [0.25, 0.3) is 11.0 Å². The van der Waals surface area contributed by atoms with Crippen LogP contribution >= 0.6 is 0 Å². The summed E-state index contributed by atoms with van der Waals surface area (Å²) in [6.45, 7) is 8.05. The van der Waals surface area contributed by atoms with E-state index >= 15 is 0 Å². The number of nitrogens with zero attached hydrogens (tertiary/aromatic N) is 3. The standard InChI is InChI=1S/C19H22N4O/c1-11(2)14-7-6-8-15(10-14)21-19(24)16-9-12(3)20-18-17(16)13(4)22-23(18)5/h6-11H,1-5H3,(H,21,24). The van der Waals surface area contributed by atoms with E-state index in [-0.39, 0.29) is 5.91 Å². The van der Waals surface area contributed by atoms with Crippen LogP contribution in [0.1, 0.15) is 47.1 Å². The van der Waals surface area contributed by atoms with Gasteiger partial charge in [-0.15, -0.1) is 0 Å². The van der Waals surface area contributed by atoms with Gasteiger partial charge in [0.2, 0.25) is 0 Å². The molecule has 0 aliphatic carbocycles. The van der Waals surface area contributed by atoms with Crippen molar-refractivity contribution >= 4 is 22.6 Å². The summed E-state index contributed by atoms with van der Waals surface area (Å²) in [5.41, 5.74) is 4.94. The molecule has 3 aromatic rings. The average Bonchev–Trinajstić information content (AvgIpc) is 2.81. The second kappa shape index (κ2) is 6.07. The van der Waals surface area contributed by atoms with E-state index < -0.39 is 0 Å². The number of benzene rings is 1. The fourth-order valence-corrected chi connectivity index (χ4v) is 2.92. The van der Waals surface area contributed by atoms with E-state index in [2.05, 4.69) is 35.3 Å². The number of amides is 1. The molecule has 124 valence electrons. The van der Waals surface area contributed by atoms with Gasteiger partial charge in [0, 0.05) is 18.4 Å². The van der Waals surface area contributed by atoms with Gasteiger partial charge < -0.3 is 5.32 Å². The topological polar surface area (TPSA) is 59.8 Å². The van der Waals surface area contributed by atoms with E-state index in [4.69, 9.17) is 0 Å². The zero-order chi connectivity index (χ0) is 17.4. The van der Waals surface area contributed by atoms with Gasteiger partial charge in [-0.1, -0.05) is 26.0 Å². The molecule has 1 amide bonds. The number of carbonyl (C=O) groups excluding carboxylic acids is 1. The molecule has 1 aromatic carbocycles. The van der Waals surface area contributed by atoms with Gasteiger partial charge in [0.05, 0.1) is 16.6 Å². The molecule has 0 saturated carbocycles. The molecule has 2 aromatic heterocycles. The smallest absolute Gasteiger partial charge is 0.256 e. The van der Waals surface area contributed by atoms with Crippen LogP contribution in [-0.2, 0) is 7.05 Å². The van der Waals surface area contributed by atoms with Crippen LogP contribution in [0.15, 0.2) is 30.3 Å². The third-order valence-electron chi connectivity index (χ3n) is 4.15. The molecule has 0 atom stereocenters. The van der Waals surface area contributed by atoms with E-state index in [0.29, 0.717) is 11.5 Å². The minimum absolute atomic E-state index is 0.137. The van der Waals surface area contributed by atoms with Crippen molar-refractivity contribution in [2.24, 2.45) is 7.05 Å². The van der Waals surface area contributed by atoms with Crippen LogP contribution in [0.4, 0.5) is 5.69 Å². The molecule has 5 nitrogen and oxygen atoms in total. The van der Waals surface area contributed by atoms with E-state index in [1.165, 1.54) is 5.56 Å². The fraction of sp³-hybridized carbons (Fsp3) is 0.316. The van der Waals surface area contributed by atoms with E-state index in [1.807, 2.05) is 45.2 Å². The van der Waals surface area contributed by atoms with Gasteiger partial charge in [-0.25, -0.2) is 4.98 Å². The van der Waals surface area contributed by atoms with Gasteiger partial charge >= 0.3 is 0 Å². The molecule has 0 aliphatic heterocycles. The number of carbonyl (C=O) groups is 1. The monoisotopic (exact) mass is 322 g/mol. The SMILES string of the molecule is Cc1cc(C(=O)Nc2cccc(C(C)C)c2)c2c(C)nn(C)c2n1. The van der Waals surface area contributed by atoms with Crippen molar-refractivity contribution in [3.05, 3.63) is 52.8 Å². The fourth-order valence-electron chi connectivity index (χ4n) is 2.92. The minimum Gasteiger partial charge on any atom is -0.322 e. The van der Waals surface area contributed by atoms with E-state index in [1.54, 1.807) is 4.68 Å². The summed E-state index contributed by atoms with van der Waals surface area (Å²) in [6, 6.07) is 9.78. The second-order valence-electron chi connectivity index (χ2n) is 6.45.